The van der Waals surface area contributed by atoms with Crippen molar-refractivity contribution in [2.75, 3.05) is 0 Å². The number of terminal acetylenes is 2. The van der Waals surface area contributed by atoms with Crippen LogP contribution >= 0.6 is 0 Å². The highest BCUT2D eigenvalue weighted by atomic mass is 16.5. The minimum absolute atomic E-state index is 0.0469. The van der Waals surface area contributed by atoms with Crippen LogP contribution in [0.15, 0.2) is 23.7 Å². The fraction of sp³-hybridized carbons (Fsp3) is 0.375. The quantitative estimate of drug-likeness (QED) is 0.747. The Hall–Kier alpha value is -2.66. The van der Waals surface area contributed by atoms with Gasteiger partial charge in [0, 0.05) is 5.92 Å². The fourth-order valence-corrected chi connectivity index (χ4v) is 1.58. The number of carbonyl (C=O) groups excluding carboxylic acids is 2. The van der Waals surface area contributed by atoms with Crippen molar-refractivity contribution in [3.05, 3.63) is 23.7 Å². The zero-order valence-electron chi connectivity index (χ0n) is 12.3. The van der Waals surface area contributed by atoms with E-state index in [0.717, 1.165) is 0 Å². The van der Waals surface area contributed by atoms with Crippen LogP contribution in [0.5, 0.6) is 0 Å². The predicted octanol–water partition coefficient (Wildman–Crippen LogP) is 0.696. The Balaban J connectivity index is 2.77. The van der Waals surface area contributed by atoms with Crippen LogP contribution < -0.4 is 10.6 Å². The summed E-state index contributed by atoms with van der Waals surface area (Å²) in [5.41, 5.74) is 0. The lowest BCUT2D eigenvalue weighted by Crippen LogP contribution is -2.37. The second kappa shape index (κ2) is 7.21. The van der Waals surface area contributed by atoms with Crippen molar-refractivity contribution in [2.24, 2.45) is 5.92 Å². The molecule has 110 valence electrons. The van der Waals surface area contributed by atoms with Crippen LogP contribution in [0.2, 0.25) is 0 Å². The molecule has 0 aromatic heterocycles. The molecule has 2 unspecified atom stereocenters. The van der Waals surface area contributed by atoms with Gasteiger partial charge in [0.15, 0.2) is 11.5 Å². The van der Waals surface area contributed by atoms with Gasteiger partial charge >= 0.3 is 0 Å². The fourth-order valence-electron chi connectivity index (χ4n) is 1.58. The standard InChI is InChI=1S/C16H18N2O3/c1-6-11(4)17-15(19)13-8-10(3)9-14(21-13)16(20)18-12(5)7-2/h1-2,8-12H,3-5H3,(H,17,19)(H,18,20). The molecule has 0 saturated heterocycles. The Morgan fingerprint density at radius 2 is 1.48 bits per heavy atom. The van der Waals surface area contributed by atoms with Gasteiger partial charge in [-0.2, -0.15) is 0 Å². The SMILES string of the molecule is C#CC(C)NC(=O)C1=CC(C)C=C(C(=O)NC(C)C#C)O1. The first-order chi connectivity index (χ1) is 9.87. The Morgan fingerprint density at radius 3 is 1.81 bits per heavy atom. The van der Waals surface area contributed by atoms with E-state index in [1.807, 2.05) is 6.92 Å². The molecule has 0 aromatic carbocycles. The lowest BCUT2D eigenvalue weighted by atomic mass is 10.1. The maximum absolute atomic E-state index is 12.0. The number of amides is 2. The van der Waals surface area contributed by atoms with Gasteiger partial charge in [-0.15, -0.1) is 12.8 Å². The Labute approximate surface area is 124 Å². The molecule has 1 rings (SSSR count). The van der Waals surface area contributed by atoms with Gasteiger partial charge in [-0.25, -0.2) is 0 Å². The van der Waals surface area contributed by atoms with Gasteiger partial charge in [0.05, 0.1) is 12.1 Å². The second-order valence-electron chi connectivity index (χ2n) is 4.75. The van der Waals surface area contributed by atoms with E-state index in [0.29, 0.717) is 0 Å². The van der Waals surface area contributed by atoms with Gasteiger partial charge in [-0.3, -0.25) is 9.59 Å². The summed E-state index contributed by atoms with van der Waals surface area (Å²) >= 11 is 0. The van der Waals surface area contributed by atoms with Gasteiger partial charge in [0.25, 0.3) is 11.8 Å². The van der Waals surface area contributed by atoms with Crippen molar-refractivity contribution in [3.63, 3.8) is 0 Å². The molecule has 1 heterocycles. The minimum Gasteiger partial charge on any atom is -0.446 e. The monoisotopic (exact) mass is 286 g/mol. The van der Waals surface area contributed by atoms with Crippen LogP contribution in [0, 0.1) is 30.6 Å². The normalized spacial score (nSPS) is 19.6. The van der Waals surface area contributed by atoms with Crippen molar-refractivity contribution in [3.8, 4) is 24.7 Å². The van der Waals surface area contributed by atoms with Crippen molar-refractivity contribution >= 4 is 11.8 Å². The first-order valence-electron chi connectivity index (χ1n) is 6.52. The molecular formula is C16H18N2O3. The van der Waals surface area contributed by atoms with Crippen LogP contribution in [0.4, 0.5) is 0 Å². The molecule has 5 heteroatoms. The van der Waals surface area contributed by atoms with Crippen LogP contribution in [0.1, 0.15) is 20.8 Å². The van der Waals surface area contributed by atoms with E-state index in [4.69, 9.17) is 17.6 Å². The first kappa shape index (κ1) is 16.4. The van der Waals surface area contributed by atoms with E-state index in [2.05, 4.69) is 22.5 Å². The Morgan fingerprint density at radius 1 is 1.10 bits per heavy atom. The predicted molar refractivity (Wildman–Crippen MR) is 79.3 cm³/mol. The highest BCUT2D eigenvalue weighted by Crippen LogP contribution is 2.20. The minimum atomic E-state index is -0.462. The van der Waals surface area contributed by atoms with Crippen molar-refractivity contribution in [1.29, 1.82) is 0 Å². The molecule has 21 heavy (non-hydrogen) atoms. The van der Waals surface area contributed by atoms with Crippen molar-refractivity contribution < 1.29 is 14.3 Å². The maximum atomic E-state index is 12.0. The number of ether oxygens (including phenoxy) is 1. The molecule has 2 N–H and O–H groups in total. The topological polar surface area (TPSA) is 67.4 Å². The number of carbonyl (C=O) groups is 2. The number of rotatable bonds is 4. The summed E-state index contributed by atoms with van der Waals surface area (Å²) in [6.45, 7) is 5.17. The Bertz CT molecular complexity index is 525. The molecule has 0 radical (unpaired) electrons. The first-order valence-corrected chi connectivity index (χ1v) is 6.52. The van der Waals surface area contributed by atoms with Gasteiger partial charge in [-0.1, -0.05) is 18.8 Å². The van der Waals surface area contributed by atoms with Gasteiger partial charge in [0.1, 0.15) is 0 Å². The maximum Gasteiger partial charge on any atom is 0.287 e. The number of hydrogen-bond acceptors (Lipinski definition) is 3. The Kier molecular flexibility index (Phi) is 5.63. The van der Waals surface area contributed by atoms with E-state index >= 15 is 0 Å². The molecule has 0 aromatic rings. The number of nitrogens with one attached hydrogen (secondary N) is 2. The highest BCUT2D eigenvalue weighted by Gasteiger charge is 2.24. The van der Waals surface area contributed by atoms with E-state index in [9.17, 15) is 9.59 Å². The highest BCUT2D eigenvalue weighted by molar-refractivity contribution is 5.96. The van der Waals surface area contributed by atoms with E-state index in [1.165, 1.54) is 0 Å². The summed E-state index contributed by atoms with van der Waals surface area (Å²) < 4.78 is 5.33. The third-order valence-electron chi connectivity index (χ3n) is 2.69. The third kappa shape index (κ3) is 4.74. The third-order valence-corrected chi connectivity index (χ3v) is 2.69. The average Bonchev–Trinajstić information content (AvgIpc) is 2.45. The molecule has 2 atom stereocenters. The summed E-state index contributed by atoms with van der Waals surface area (Å²) in [6.07, 6.45) is 13.6. The molecular weight excluding hydrogens is 268 g/mol. The zero-order valence-corrected chi connectivity index (χ0v) is 12.3. The average molecular weight is 286 g/mol. The van der Waals surface area contributed by atoms with Crippen LogP contribution in [0.25, 0.3) is 0 Å². The van der Waals surface area contributed by atoms with Gasteiger partial charge in [-0.05, 0) is 26.0 Å². The van der Waals surface area contributed by atoms with Gasteiger partial charge < -0.3 is 15.4 Å². The van der Waals surface area contributed by atoms with E-state index in [1.54, 1.807) is 26.0 Å². The molecule has 0 bridgehead atoms. The van der Waals surface area contributed by atoms with Crippen LogP contribution in [0.3, 0.4) is 0 Å². The summed E-state index contributed by atoms with van der Waals surface area (Å²) in [5.74, 6) is 3.81. The molecule has 2 amide bonds. The zero-order chi connectivity index (χ0) is 16.0. The van der Waals surface area contributed by atoms with E-state index in [-0.39, 0.29) is 17.4 Å². The lowest BCUT2D eigenvalue weighted by molar-refractivity contribution is -0.123. The summed E-state index contributed by atoms with van der Waals surface area (Å²) in [4.78, 5) is 23.9. The van der Waals surface area contributed by atoms with E-state index < -0.39 is 23.9 Å². The van der Waals surface area contributed by atoms with Crippen molar-refractivity contribution in [2.45, 2.75) is 32.9 Å². The lowest BCUT2D eigenvalue weighted by Gasteiger charge is -2.20. The second-order valence-corrected chi connectivity index (χ2v) is 4.75. The summed E-state index contributed by atoms with van der Waals surface area (Å²) in [7, 11) is 0. The number of hydrogen-bond donors (Lipinski definition) is 2. The largest absolute Gasteiger partial charge is 0.446 e. The molecule has 5 nitrogen and oxygen atoms in total. The van der Waals surface area contributed by atoms with Crippen LogP contribution in [-0.2, 0) is 14.3 Å². The van der Waals surface area contributed by atoms with Crippen LogP contribution in [-0.4, -0.2) is 23.9 Å². The summed E-state index contributed by atoms with van der Waals surface area (Å²) in [6, 6.07) is -0.857. The number of allylic oxidation sites excluding steroid dienone is 2. The molecule has 0 spiro atoms. The smallest absolute Gasteiger partial charge is 0.287 e. The van der Waals surface area contributed by atoms with Gasteiger partial charge in [0.2, 0.25) is 0 Å². The van der Waals surface area contributed by atoms with Crippen molar-refractivity contribution in [1.82, 2.24) is 10.6 Å². The molecule has 1 aliphatic rings. The molecule has 0 aliphatic carbocycles. The summed E-state index contributed by atoms with van der Waals surface area (Å²) in [5, 5.41) is 5.14. The molecule has 0 saturated carbocycles. The molecule has 0 fully saturated rings. The molecule has 1 aliphatic heterocycles.